The van der Waals surface area contributed by atoms with Crippen molar-refractivity contribution in [3.8, 4) is 34.5 Å². The largest absolute Gasteiger partial charge is 0.493 e. The smallest absolute Gasteiger partial charge is 0.255 e. The van der Waals surface area contributed by atoms with E-state index in [1.807, 2.05) is 48.5 Å². The molecule has 0 heterocycles. The molecular weight excluding hydrogens is 604 g/mol. The number of hydrogen-bond donors (Lipinski definition) is 2. The third-order valence-corrected chi connectivity index (χ3v) is 8.73. The molecule has 0 aliphatic heterocycles. The number of anilines is 2. The highest BCUT2D eigenvalue weighted by atomic mass is 33.1. The maximum atomic E-state index is 12.9. The molecule has 2 N–H and O–H groups in total. The topological polar surface area (TPSA) is 114 Å². The van der Waals surface area contributed by atoms with Gasteiger partial charge in [-0.15, -0.1) is 0 Å². The fraction of sp³-hybridized carbons (Fsp3) is 0.188. The Bertz CT molecular complexity index is 1440. The van der Waals surface area contributed by atoms with Gasteiger partial charge in [-0.25, -0.2) is 0 Å². The lowest BCUT2D eigenvalue weighted by atomic mass is 10.1. The van der Waals surface area contributed by atoms with Crippen LogP contribution in [0.4, 0.5) is 11.4 Å². The van der Waals surface area contributed by atoms with Gasteiger partial charge >= 0.3 is 0 Å². The van der Waals surface area contributed by atoms with E-state index < -0.39 is 0 Å². The second kappa shape index (κ2) is 15.2. The highest BCUT2D eigenvalue weighted by molar-refractivity contribution is 8.76. The van der Waals surface area contributed by atoms with Crippen LogP contribution < -0.4 is 39.1 Å². The van der Waals surface area contributed by atoms with Crippen LogP contribution in [0.1, 0.15) is 20.7 Å². The molecule has 0 aliphatic rings. The summed E-state index contributed by atoms with van der Waals surface area (Å²) in [6.45, 7) is 0. The molecular formula is C32H32N2O8S2. The van der Waals surface area contributed by atoms with Gasteiger partial charge in [0.1, 0.15) is 0 Å². The van der Waals surface area contributed by atoms with Gasteiger partial charge in [0.2, 0.25) is 11.5 Å². The molecule has 0 saturated heterocycles. The number of nitrogens with one attached hydrogen (secondary N) is 2. The zero-order valence-corrected chi connectivity index (χ0v) is 26.6. The molecule has 230 valence electrons. The van der Waals surface area contributed by atoms with E-state index in [1.165, 1.54) is 42.7 Å². The van der Waals surface area contributed by atoms with Gasteiger partial charge in [-0.2, -0.15) is 0 Å². The Morgan fingerprint density at radius 1 is 0.477 bits per heavy atom. The van der Waals surface area contributed by atoms with E-state index in [1.54, 1.807) is 45.9 Å². The zero-order chi connectivity index (χ0) is 31.6. The van der Waals surface area contributed by atoms with Crippen molar-refractivity contribution in [2.75, 3.05) is 53.3 Å². The highest BCUT2D eigenvalue weighted by Crippen LogP contribution is 2.40. The fourth-order valence-corrected chi connectivity index (χ4v) is 6.05. The Morgan fingerprint density at radius 3 is 1.02 bits per heavy atom. The van der Waals surface area contributed by atoms with E-state index in [0.717, 1.165) is 9.79 Å². The van der Waals surface area contributed by atoms with E-state index >= 15 is 0 Å². The monoisotopic (exact) mass is 636 g/mol. The normalized spacial score (nSPS) is 10.4. The predicted molar refractivity (Wildman–Crippen MR) is 173 cm³/mol. The molecule has 0 atom stereocenters. The van der Waals surface area contributed by atoms with Crippen LogP contribution in [0.3, 0.4) is 0 Å². The van der Waals surface area contributed by atoms with E-state index in [-0.39, 0.29) is 11.8 Å². The van der Waals surface area contributed by atoms with Crippen molar-refractivity contribution < 1.29 is 38.0 Å². The lowest BCUT2D eigenvalue weighted by Crippen LogP contribution is -2.12. The summed E-state index contributed by atoms with van der Waals surface area (Å²) < 4.78 is 32.0. The molecule has 4 rings (SSSR count). The van der Waals surface area contributed by atoms with Crippen LogP contribution in [0.5, 0.6) is 34.5 Å². The molecule has 0 aromatic heterocycles. The quantitative estimate of drug-likeness (QED) is 0.148. The van der Waals surface area contributed by atoms with E-state index in [9.17, 15) is 9.59 Å². The van der Waals surface area contributed by atoms with Gasteiger partial charge in [0.15, 0.2) is 23.0 Å². The lowest BCUT2D eigenvalue weighted by Gasteiger charge is -2.14. The Labute approximate surface area is 263 Å². The first-order chi connectivity index (χ1) is 21.3. The molecule has 44 heavy (non-hydrogen) atoms. The van der Waals surface area contributed by atoms with Gasteiger partial charge in [-0.1, -0.05) is 21.6 Å². The molecule has 4 aromatic carbocycles. The van der Waals surface area contributed by atoms with Crippen LogP contribution in [0.2, 0.25) is 0 Å². The average molecular weight is 637 g/mol. The van der Waals surface area contributed by atoms with Gasteiger partial charge in [0, 0.05) is 32.3 Å². The van der Waals surface area contributed by atoms with Crippen LogP contribution >= 0.6 is 21.6 Å². The Kier molecular flexibility index (Phi) is 11.1. The minimum absolute atomic E-state index is 0.309. The van der Waals surface area contributed by atoms with Crippen molar-refractivity contribution in [2.24, 2.45) is 0 Å². The van der Waals surface area contributed by atoms with E-state index in [0.29, 0.717) is 57.0 Å². The standard InChI is InChI=1S/C32H32N2O8S2/c1-37-25-15-19(16-26(38-2)29(25)41-5)31(35)33-21-7-11-23(12-8-21)43-44-24-13-9-22(10-14-24)34-32(36)20-17-27(39-3)30(42-6)28(18-20)40-4/h7-18H,1-6H3,(H,33,35)(H,34,36). The first-order valence-corrected chi connectivity index (χ1v) is 15.3. The third kappa shape index (κ3) is 7.63. The number of benzene rings is 4. The predicted octanol–water partition coefficient (Wildman–Crippen LogP) is 7.04. The Balaban J connectivity index is 1.33. The minimum Gasteiger partial charge on any atom is -0.493 e. The molecule has 0 aliphatic carbocycles. The summed E-state index contributed by atoms with van der Waals surface area (Å²) in [7, 11) is 12.2. The summed E-state index contributed by atoms with van der Waals surface area (Å²) in [4.78, 5) is 27.8. The Morgan fingerprint density at radius 2 is 0.773 bits per heavy atom. The molecule has 0 radical (unpaired) electrons. The van der Waals surface area contributed by atoms with Crippen LogP contribution in [0.15, 0.2) is 82.6 Å². The van der Waals surface area contributed by atoms with Gasteiger partial charge < -0.3 is 39.1 Å². The van der Waals surface area contributed by atoms with Gasteiger partial charge in [-0.05, 0) is 72.8 Å². The maximum Gasteiger partial charge on any atom is 0.255 e. The SMILES string of the molecule is COc1cc(C(=O)Nc2ccc(SSc3ccc(NC(=O)c4cc(OC)c(OC)c(OC)c4)cc3)cc2)cc(OC)c1OC. The van der Waals surface area contributed by atoms with Gasteiger partial charge in [-0.3, -0.25) is 9.59 Å². The number of amides is 2. The second-order valence-electron chi connectivity index (χ2n) is 8.95. The van der Waals surface area contributed by atoms with Crippen molar-refractivity contribution in [2.45, 2.75) is 9.79 Å². The van der Waals surface area contributed by atoms with Crippen molar-refractivity contribution >= 4 is 44.8 Å². The fourth-order valence-electron chi connectivity index (χ4n) is 4.11. The van der Waals surface area contributed by atoms with Crippen LogP contribution in [-0.4, -0.2) is 54.5 Å². The van der Waals surface area contributed by atoms with E-state index in [2.05, 4.69) is 10.6 Å². The number of carbonyl (C=O) groups is 2. The summed E-state index contributed by atoms with van der Waals surface area (Å²) >= 11 is 0. The molecule has 0 fully saturated rings. The maximum absolute atomic E-state index is 12.9. The summed E-state index contributed by atoms with van der Waals surface area (Å²) in [6.07, 6.45) is 0. The molecule has 0 spiro atoms. The first-order valence-electron chi connectivity index (χ1n) is 13.1. The number of methoxy groups -OCH3 is 6. The van der Waals surface area contributed by atoms with Crippen LogP contribution in [-0.2, 0) is 0 Å². The van der Waals surface area contributed by atoms with Gasteiger partial charge in [0.05, 0.1) is 42.7 Å². The molecule has 12 heteroatoms. The number of ether oxygens (including phenoxy) is 6. The molecule has 4 aromatic rings. The minimum atomic E-state index is -0.309. The van der Waals surface area contributed by atoms with Crippen LogP contribution in [0, 0.1) is 0 Å². The van der Waals surface area contributed by atoms with E-state index in [4.69, 9.17) is 28.4 Å². The Hall–Kier alpha value is -4.68. The van der Waals surface area contributed by atoms with Crippen LogP contribution in [0.25, 0.3) is 0 Å². The molecule has 0 saturated carbocycles. The summed E-state index contributed by atoms with van der Waals surface area (Å²) in [6, 6.07) is 21.4. The lowest BCUT2D eigenvalue weighted by molar-refractivity contribution is 0.101. The number of carbonyl (C=O) groups excluding carboxylic acids is 2. The molecule has 0 unspecified atom stereocenters. The summed E-state index contributed by atoms with van der Waals surface area (Å²) in [5.74, 6) is 1.81. The van der Waals surface area contributed by atoms with Crippen molar-refractivity contribution in [3.63, 3.8) is 0 Å². The third-order valence-electron chi connectivity index (χ3n) is 6.31. The highest BCUT2D eigenvalue weighted by Gasteiger charge is 2.18. The first kappa shape index (κ1) is 32.2. The molecule has 10 nitrogen and oxygen atoms in total. The average Bonchev–Trinajstić information content (AvgIpc) is 3.06. The number of hydrogen-bond acceptors (Lipinski definition) is 10. The van der Waals surface area contributed by atoms with Crippen molar-refractivity contribution in [1.29, 1.82) is 0 Å². The number of rotatable bonds is 13. The second-order valence-corrected chi connectivity index (χ2v) is 11.2. The van der Waals surface area contributed by atoms with Gasteiger partial charge in [0.25, 0.3) is 11.8 Å². The summed E-state index contributed by atoms with van der Waals surface area (Å²) in [5, 5.41) is 5.78. The van der Waals surface area contributed by atoms with Crippen molar-refractivity contribution in [1.82, 2.24) is 0 Å². The van der Waals surface area contributed by atoms with Crippen molar-refractivity contribution in [3.05, 3.63) is 83.9 Å². The summed E-state index contributed by atoms with van der Waals surface area (Å²) in [5.41, 5.74) is 2.03. The molecule has 2 amide bonds. The molecule has 0 bridgehead atoms. The zero-order valence-electron chi connectivity index (χ0n) is 25.0.